The van der Waals surface area contributed by atoms with E-state index in [1.54, 1.807) is 0 Å². The third-order valence-electron chi connectivity index (χ3n) is 4.13. The minimum atomic E-state index is -0.726. The summed E-state index contributed by atoms with van der Waals surface area (Å²) < 4.78 is 2.45. The summed E-state index contributed by atoms with van der Waals surface area (Å²) in [6.07, 6.45) is 0. The maximum atomic E-state index is 12.6. The zero-order valence-electron chi connectivity index (χ0n) is 17.4. The lowest BCUT2D eigenvalue weighted by molar-refractivity contribution is -0.384. The highest BCUT2D eigenvalue weighted by atomic mass is 32.1. The van der Waals surface area contributed by atoms with E-state index in [0.29, 0.717) is 11.3 Å². The molecule has 1 unspecified atom stereocenters. The molecule has 170 valence electrons. The molecule has 3 rings (SSSR count). The van der Waals surface area contributed by atoms with E-state index >= 15 is 0 Å². The van der Waals surface area contributed by atoms with Gasteiger partial charge in [0.2, 0.25) is 0 Å². The molecule has 0 fully saturated rings. The highest BCUT2D eigenvalue weighted by Gasteiger charge is 2.23. The van der Waals surface area contributed by atoms with Gasteiger partial charge in [-0.25, -0.2) is 0 Å². The van der Waals surface area contributed by atoms with Crippen molar-refractivity contribution < 1.29 is 19.3 Å². The summed E-state index contributed by atoms with van der Waals surface area (Å²) in [7, 11) is 2.97. The van der Waals surface area contributed by atoms with E-state index in [1.165, 1.54) is 47.9 Å². The van der Waals surface area contributed by atoms with Crippen LogP contribution in [0.4, 0.5) is 16.8 Å². The lowest BCUT2D eigenvalue weighted by Gasteiger charge is -2.05. The number of carbonyl (C=O) groups excluding carboxylic acids is 3. The van der Waals surface area contributed by atoms with E-state index < -0.39 is 33.8 Å². The topological polar surface area (TPSA) is 203 Å². The number of nitrogens with zero attached hydrogens (tertiary/aromatic N) is 7. The molecule has 3 aromatic heterocycles. The smallest absolute Gasteiger partial charge is 0.357 e. The van der Waals surface area contributed by atoms with Crippen LogP contribution in [0.1, 0.15) is 38.4 Å². The molecule has 15 nitrogen and oxygen atoms in total. The van der Waals surface area contributed by atoms with Gasteiger partial charge in [0.05, 0.1) is 11.4 Å². The number of thiazole rings is 1. The SMILES string of the molecule is CC(C#N)NC(=O)c1cc(NC(=O)c2cc(NC(=O)c3csc([N+](=O)[O-])n3)nn2C)nn1C. The standard InChI is InChI=1S/C17H16N10O5S/c1-8(6-18)19-15(29)10-4-13(24-25(10)2)22-16(30)11-5-12(23-26(11)3)21-14(28)9-7-33-17(20-9)27(31)32/h4-5,7-8H,1-3H3,(H,19,29)(H,21,23,28)(H,22,24,30). The first-order chi connectivity index (χ1) is 15.6. The minimum Gasteiger partial charge on any atom is -0.357 e. The van der Waals surface area contributed by atoms with Gasteiger partial charge in [0.15, 0.2) is 11.6 Å². The molecule has 0 spiro atoms. The average Bonchev–Trinajstić information content (AvgIpc) is 3.46. The zero-order chi connectivity index (χ0) is 24.3. The van der Waals surface area contributed by atoms with Crippen LogP contribution >= 0.6 is 11.3 Å². The van der Waals surface area contributed by atoms with Crippen molar-refractivity contribution in [1.29, 1.82) is 5.26 Å². The molecule has 0 bridgehead atoms. The average molecular weight is 472 g/mol. The highest BCUT2D eigenvalue weighted by molar-refractivity contribution is 7.13. The van der Waals surface area contributed by atoms with Gasteiger partial charge < -0.3 is 26.1 Å². The molecular weight excluding hydrogens is 456 g/mol. The van der Waals surface area contributed by atoms with Gasteiger partial charge >= 0.3 is 11.0 Å². The molecule has 1 atom stereocenters. The van der Waals surface area contributed by atoms with Crippen LogP contribution in [-0.4, -0.2) is 53.2 Å². The Kier molecular flexibility index (Phi) is 6.44. The van der Waals surface area contributed by atoms with Crippen molar-refractivity contribution in [2.24, 2.45) is 14.1 Å². The number of nitrogens with one attached hydrogen (secondary N) is 3. The number of aromatic nitrogens is 5. The van der Waals surface area contributed by atoms with Gasteiger partial charge in [-0.2, -0.15) is 15.5 Å². The van der Waals surface area contributed by atoms with Crippen molar-refractivity contribution in [2.75, 3.05) is 10.6 Å². The van der Waals surface area contributed by atoms with E-state index in [4.69, 9.17) is 5.26 Å². The highest BCUT2D eigenvalue weighted by Crippen LogP contribution is 2.19. The normalized spacial score (nSPS) is 11.3. The van der Waals surface area contributed by atoms with Gasteiger partial charge in [-0.1, -0.05) is 0 Å². The quantitative estimate of drug-likeness (QED) is 0.326. The number of anilines is 2. The molecule has 33 heavy (non-hydrogen) atoms. The maximum absolute atomic E-state index is 12.6. The summed E-state index contributed by atoms with van der Waals surface area (Å²) in [6, 6.07) is 3.80. The van der Waals surface area contributed by atoms with E-state index in [1.807, 2.05) is 6.07 Å². The number of carbonyl (C=O) groups is 3. The monoisotopic (exact) mass is 472 g/mol. The first-order valence-electron chi connectivity index (χ1n) is 9.10. The first kappa shape index (κ1) is 23.0. The number of rotatable bonds is 7. The molecule has 3 heterocycles. The molecule has 16 heteroatoms. The molecule has 3 aromatic rings. The summed E-state index contributed by atoms with van der Waals surface area (Å²) in [6.45, 7) is 1.52. The third-order valence-corrected chi connectivity index (χ3v) is 4.92. The van der Waals surface area contributed by atoms with Crippen molar-refractivity contribution in [2.45, 2.75) is 13.0 Å². The van der Waals surface area contributed by atoms with Crippen LogP contribution in [0.3, 0.4) is 0 Å². The lowest BCUT2D eigenvalue weighted by atomic mass is 10.3. The first-order valence-corrected chi connectivity index (χ1v) is 9.98. The van der Waals surface area contributed by atoms with Gasteiger partial charge in [-0.05, 0) is 28.2 Å². The molecule has 0 saturated heterocycles. The maximum Gasteiger partial charge on any atom is 0.424 e. The van der Waals surface area contributed by atoms with Crippen LogP contribution in [0.5, 0.6) is 0 Å². The Bertz CT molecular complexity index is 1300. The fourth-order valence-corrected chi connectivity index (χ4v) is 3.21. The van der Waals surface area contributed by atoms with Crippen LogP contribution in [0, 0.1) is 21.4 Å². The molecule has 0 aliphatic rings. The van der Waals surface area contributed by atoms with Crippen LogP contribution < -0.4 is 16.0 Å². The van der Waals surface area contributed by atoms with Gasteiger partial charge in [-0.3, -0.25) is 23.7 Å². The fraction of sp³-hybridized carbons (Fsp3) is 0.235. The molecule has 3 amide bonds. The van der Waals surface area contributed by atoms with Crippen molar-refractivity contribution >= 4 is 45.8 Å². The Balaban J connectivity index is 1.70. The number of hydrogen-bond acceptors (Lipinski definition) is 10. The molecule has 0 aliphatic heterocycles. The number of nitriles is 1. The Morgan fingerprint density at radius 2 is 1.64 bits per heavy atom. The fourth-order valence-electron chi connectivity index (χ4n) is 2.60. The van der Waals surface area contributed by atoms with Crippen LogP contribution in [0.25, 0.3) is 0 Å². The molecule has 0 aromatic carbocycles. The zero-order valence-corrected chi connectivity index (χ0v) is 18.2. The molecule has 3 N–H and O–H groups in total. The van der Waals surface area contributed by atoms with Gasteiger partial charge in [0.25, 0.3) is 17.5 Å². The second-order valence-corrected chi connectivity index (χ2v) is 7.42. The Morgan fingerprint density at radius 1 is 1.09 bits per heavy atom. The van der Waals surface area contributed by atoms with Crippen LogP contribution in [-0.2, 0) is 14.1 Å². The summed E-state index contributed by atoms with van der Waals surface area (Å²) in [5, 5.41) is 35.8. The number of amides is 3. The lowest BCUT2D eigenvalue weighted by Crippen LogP contribution is -2.32. The largest absolute Gasteiger partial charge is 0.424 e. The molecule has 0 saturated carbocycles. The predicted octanol–water partition coefficient (Wildman–Crippen LogP) is 0.665. The van der Waals surface area contributed by atoms with E-state index in [-0.39, 0.29) is 28.7 Å². The summed E-state index contributed by atoms with van der Waals surface area (Å²) in [4.78, 5) is 50.7. The number of nitro groups is 1. The van der Waals surface area contributed by atoms with Crippen LogP contribution in [0.2, 0.25) is 0 Å². The van der Waals surface area contributed by atoms with Crippen molar-refractivity contribution in [3.8, 4) is 6.07 Å². The van der Waals surface area contributed by atoms with Crippen molar-refractivity contribution in [1.82, 2.24) is 29.9 Å². The predicted molar refractivity (Wildman–Crippen MR) is 114 cm³/mol. The molecular formula is C17H16N10O5S. The second-order valence-electron chi connectivity index (χ2n) is 6.58. The third kappa shape index (κ3) is 5.16. The van der Waals surface area contributed by atoms with Crippen molar-refractivity contribution in [3.05, 3.63) is 44.7 Å². The number of hydrogen-bond donors (Lipinski definition) is 3. The minimum absolute atomic E-state index is 0.0230. The van der Waals surface area contributed by atoms with E-state index in [0.717, 1.165) is 0 Å². The van der Waals surface area contributed by atoms with Gasteiger partial charge in [0.1, 0.15) is 17.4 Å². The Hall–Kier alpha value is -4.65. The summed E-state index contributed by atoms with van der Waals surface area (Å²) in [5.41, 5.74) is 0.0281. The van der Waals surface area contributed by atoms with Crippen molar-refractivity contribution in [3.63, 3.8) is 0 Å². The summed E-state index contributed by atoms with van der Waals surface area (Å²) in [5.74, 6) is -1.78. The van der Waals surface area contributed by atoms with Crippen LogP contribution in [0.15, 0.2) is 17.5 Å². The summed E-state index contributed by atoms with van der Waals surface area (Å²) >= 11 is 0.706. The molecule has 0 radical (unpaired) electrons. The van der Waals surface area contributed by atoms with Gasteiger partial charge in [-0.15, -0.1) is 0 Å². The molecule has 0 aliphatic carbocycles. The number of aryl methyl sites for hydroxylation is 2. The van der Waals surface area contributed by atoms with Gasteiger partial charge in [0, 0.05) is 26.2 Å². The Morgan fingerprint density at radius 3 is 2.15 bits per heavy atom. The second kappa shape index (κ2) is 9.23. The Labute approximate surface area is 189 Å². The van der Waals surface area contributed by atoms with E-state index in [2.05, 4.69) is 31.1 Å². The van der Waals surface area contributed by atoms with E-state index in [9.17, 15) is 24.5 Å².